The van der Waals surface area contributed by atoms with Crippen molar-refractivity contribution in [1.29, 1.82) is 0 Å². The van der Waals surface area contributed by atoms with Gasteiger partial charge in [-0.1, -0.05) is 0 Å². The Morgan fingerprint density at radius 2 is 2.33 bits per heavy atom. The summed E-state index contributed by atoms with van der Waals surface area (Å²) in [6.07, 6.45) is 1.30. The number of nitrogens with zero attached hydrogens (tertiary/aromatic N) is 4. The summed E-state index contributed by atoms with van der Waals surface area (Å²) >= 11 is 1.07. The summed E-state index contributed by atoms with van der Waals surface area (Å²) in [6, 6.07) is 0. The highest BCUT2D eigenvalue weighted by atomic mass is 32.1. The van der Waals surface area contributed by atoms with Gasteiger partial charge in [0.05, 0.1) is 5.69 Å². The van der Waals surface area contributed by atoms with Crippen LogP contribution in [0.3, 0.4) is 0 Å². The van der Waals surface area contributed by atoms with E-state index >= 15 is 0 Å². The number of carbonyl (C=O) groups is 2. The maximum atomic E-state index is 11.7. The lowest BCUT2D eigenvalue weighted by atomic mass is 10.2. The van der Waals surface area contributed by atoms with Crippen LogP contribution in [0.15, 0.2) is 11.7 Å². The molecule has 0 bridgehead atoms. The average molecular weight is 267 g/mol. The van der Waals surface area contributed by atoms with E-state index in [2.05, 4.69) is 20.8 Å². The highest BCUT2D eigenvalue weighted by Crippen LogP contribution is 2.27. The van der Waals surface area contributed by atoms with E-state index in [9.17, 15) is 9.59 Å². The molecule has 0 aliphatic carbocycles. The first-order valence-corrected chi connectivity index (χ1v) is 5.78. The zero-order valence-corrected chi connectivity index (χ0v) is 10.1. The summed E-state index contributed by atoms with van der Waals surface area (Å²) in [4.78, 5) is 22.8. The van der Waals surface area contributed by atoms with Gasteiger partial charge in [-0.05, 0) is 28.3 Å². The fourth-order valence-corrected chi connectivity index (χ4v) is 2.18. The van der Waals surface area contributed by atoms with E-state index in [1.165, 1.54) is 11.0 Å². The quantitative estimate of drug-likeness (QED) is 0.828. The van der Waals surface area contributed by atoms with Gasteiger partial charge in [0.25, 0.3) is 0 Å². The van der Waals surface area contributed by atoms with Crippen molar-refractivity contribution >= 4 is 28.9 Å². The van der Waals surface area contributed by atoms with Crippen LogP contribution in [0, 0.1) is 6.92 Å². The SMILES string of the molecule is Cc1csc(C(=O)O)c1NC(=O)Cn1cnnn1. The third kappa shape index (κ3) is 2.51. The van der Waals surface area contributed by atoms with Crippen LogP contribution in [-0.2, 0) is 11.3 Å². The Kier molecular flexibility index (Phi) is 3.33. The number of hydrogen-bond acceptors (Lipinski definition) is 6. The third-order valence-electron chi connectivity index (χ3n) is 2.13. The Morgan fingerprint density at radius 1 is 1.56 bits per heavy atom. The Labute approximate surface area is 105 Å². The number of nitrogens with one attached hydrogen (secondary N) is 1. The van der Waals surface area contributed by atoms with Crippen LogP contribution in [0.25, 0.3) is 0 Å². The van der Waals surface area contributed by atoms with Gasteiger partial charge in [0.15, 0.2) is 0 Å². The summed E-state index contributed by atoms with van der Waals surface area (Å²) in [5.41, 5.74) is 1.04. The lowest BCUT2D eigenvalue weighted by molar-refractivity contribution is -0.116. The Balaban J connectivity index is 2.11. The number of carboxylic acid groups (broad SMARTS) is 1. The molecule has 0 saturated carbocycles. The monoisotopic (exact) mass is 267 g/mol. The fourth-order valence-electron chi connectivity index (χ4n) is 1.34. The Morgan fingerprint density at radius 3 is 2.94 bits per heavy atom. The van der Waals surface area contributed by atoms with Gasteiger partial charge in [-0.25, -0.2) is 9.48 Å². The minimum Gasteiger partial charge on any atom is -0.477 e. The number of aryl methyl sites for hydroxylation is 1. The predicted octanol–water partition coefficient (Wildman–Crippen LogP) is 0.380. The number of hydrogen-bond donors (Lipinski definition) is 2. The molecule has 94 valence electrons. The molecule has 0 atom stereocenters. The Bertz CT molecular complexity index is 577. The van der Waals surface area contributed by atoms with Crippen molar-refractivity contribution in [1.82, 2.24) is 20.2 Å². The molecule has 1 amide bonds. The molecule has 0 unspecified atom stereocenters. The number of thiophene rings is 1. The van der Waals surface area contributed by atoms with Gasteiger partial charge in [-0.2, -0.15) is 0 Å². The topological polar surface area (TPSA) is 110 Å². The molecule has 9 heteroatoms. The molecule has 18 heavy (non-hydrogen) atoms. The number of aromatic carboxylic acids is 1. The van der Waals surface area contributed by atoms with E-state index in [1.807, 2.05) is 0 Å². The minimum atomic E-state index is -1.06. The van der Waals surface area contributed by atoms with Gasteiger partial charge in [0, 0.05) is 0 Å². The minimum absolute atomic E-state index is 0.0681. The molecule has 2 aromatic heterocycles. The summed E-state index contributed by atoms with van der Waals surface area (Å²) in [7, 11) is 0. The van der Waals surface area contributed by atoms with Gasteiger partial charge < -0.3 is 10.4 Å². The summed E-state index contributed by atoms with van der Waals surface area (Å²) in [6.45, 7) is 1.66. The molecular formula is C9H9N5O3S. The zero-order chi connectivity index (χ0) is 13.1. The third-order valence-corrected chi connectivity index (χ3v) is 3.22. The number of carbonyl (C=O) groups excluding carboxylic acids is 1. The molecule has 2 N–H and O–H groups in total. The normalized spacial score (nSPS) is 10.3. The van der Waals surface area contributed by atoms with Crippen molar-refractivity contribution < 1.29 is 14.7 Å². The highest BCUT2D eigenvalue weighted by molar-refractivity contribution is 7.12. The van der Waals surface area contributed by atoms with Gasteiger partial charge in [-0.3, -0.25) is 4.79 Å². The second-order valence-electron chi connectivity index (χ2n) is 3.48. The van der Waals surface area contributed by atoms with Crippen LogP contribution >= 0.6 is 11.3 Å². The first-order valence-electron chi connectivity index (χ1n) is 4.90. The van der Waals surface area contributed by atoms with E-state index in [0.29, 0.717) is 11.3 Å². The fraction of sp³-hybridized carbons (Fsp3) is 0.222. The zero-order valence-electron chi connectivity index (χ0n) is 9.32. The van der Waals surface area contributed by atoms with Crippen LogP contribution in [0.4, 0.5) is 5.69 Å². The van der Waals surface area contributed by atoms with Crippen LogP contribution < -0.4 is 5.32 Å². The van der Waals surface area contributed by atoms with Crippen molar-refractivity contribution in [2.45, 2.75) is 13.5 Å². The number of aromatic nitrogens is 4. The maximum Gasteiger partial charge on any atom is 0.348 e. The van der Waals surface area contributed by atoms with Crippen molar-refractivity contribution in [2.75, 3.05) is 5.32 Å². The smallest absolute Gasteiger partial charge is 0.348 e. The van der Waals surface area contributed by atoms with E-state index in [4.69, 9.17) is 5.11 Å². The first-order chi connectivity index (χ1) is 8.58. The summed E-state index contributed by atoms with van der Waals surface area (Å²) in [5.74, 6) is -1.45. The van der Waals surface area contributed by atoms with Gasteiger partial charge in [0.2, 0.25) is 5.91 Å². The number of tetrazole rings is 1. The molecule has 0 radical (unpaired) electrons. The molecule has 0 aliphatic rings. The molecule has 0 spiro atoms. The molecule has 8 nitrogen and oxygen atoms in total. The first kappa shape index (κ1) is 12.2. The predicted molar refractivity (Wildman–Crippen MR) is 62.5 cm³/mol. The van der Waals surface area contributed by atoms with E-state index in [0.717, 1.165) is 11.3 Å². The number of carboxylic acids is 1. The van der Waals surface area contributed by atoms with Crippen molar-refractivity contribution in [3.63, 3.8) is 0 Å². The molecule has 0 aliphatic heterocycles. The van der Waals surface area contributed by atoms with E-state index in [1.54, 1.807) is 12.3 Å². The molecular weight excluding hydrogens is 258 g/mol. The van der Waals surface area contributed by atoms with Crippen LogP contribution in [-0.4, -0.2) is 37.2 Å². The van der Waals surface area contributed by atoms with Crippen molar-refractivity contribution in [3.8, 4) is 0 Å². The lowest BCUT2D eigenvalue weighted by Crippen LogP contribution is -2.20. The van der Waals surface area contributed by atoms with Gasteiger partial charge in [-0.15, -0.1) is 16.4 Å². The maximum absolute atomic E-state index is 11.7. The second-order valence-corrected chi connectivity index (χ2v) is 4.36. The van der Waals surface area contributed by atoms with Crippen LogP contribution in [0.1, 0.15) is 15.2 Å². The molecule has 2 aromatic rings. The Hall–Kier alpha value is -2.29. The van der Waals surface area contributed by atoms with Crippen molar-refractivity contribution in [2.24, 2.45) is 0 Å². The average Bonchev–Trinajstić information content (AvgIpc) is 2.90. The summed E-state index contributed by atoms with van der Waals surface area (Å²) in [5, 5.41) is 23.5. The molecule has 2 heterocycles. The van der Waals surface area contributed by atoms with E-state index < -0.39 is 5.97 Å². The van der Waals surface area contributed by atoms with Crippen LogP contribution in [0.2, 0.25) is 0 Å². The van der Waals surface area contributed by atoms with Gasteiger partial charge >= 0.3 is 5.97 Å². The van der Waals surface area contributed by atoms with Crippen LogP contribution in [0.5, 0.6) is 0 Å². The number of rotatable bonds is 4. The van der Waals surface area contributed by atoms with E-state index in [-0.39, 0.29) is 17.3 Å². The largest absolute Gasteiger partial charge is 0.477 e. The number of anilines is 1. The summed E-state index contributed by atoms with van der Waals surface area (Å²) < 4.78 is 1.25. The lowest BCUT2D eigenvalue weighted by Gasteiger charge is -2.05. The highest BCUT2D eigenvalue weighted by Gasteiger charge is 2.17. The molecule has 0 saturated heterocycles. The second kappa shape index (κ2) is 4.92. The van der Waals surface area contributed by atoms with Gasteiger partial charge in [0.1, 0.15) is 17.7 Å². The number of amides is 1. The standard InChI is InChI=1S/C9H9N5O3S/c1-5-3-18-8(9(16)17)7(5)11-6(15)2-14-4-10-12-13-14/h3-4H,2H2,1H3,(H,11,15)(H,16,17). The molecule has 0 fully saturated rings. The van der Waals surface area contributed by atoms with Crippen molar-refractivity contribution in [3.05, 3.63) is 22.1 Å². The molecule has 0 aromatic carbocycles. The molecule has 2 rings (SSSR count).